The number of aliphatic hydroxyl groups excluding tert-OH is 2. The normalized spacial score (nSPS) is 12.9. The highest BCUT2D eigenvalue weighted by Gasteiger charge is 2.45. The van der Waals surface area contributed by atoms with Crippen molar-refractivity contribution in [3.8, 4) is 0 Å². The Balaban J connectivity index is 1.21. The molecule has 9 nitrogen and oxygen atoms in total. The molecule has 0 aliphatic rings. The summed E-state index contributed by atoms with van der Waals surface area (Å²) in [4.78, 5) is 22.8. The largest absolute Gasteiger partial charge is 0.394 e. The maximum Gasteiger partial charge on any atom is 0.269 e. The molecule has 3 N–H and O–H groups in total. The Kier molecular flexibility index (Phi) is 12.8. The fourth-order valence-electron chi connectivity index (χ4n) is 5.85. The van der Waals surface area contributed by atoms with E-state index >= 15 is 0 Å². The molecule has 0 radical (unpaired) electrons. The first kappa shape index (κ1) is 34.0. The first-order valence-corrected chi connectivity index (χ1v) is 17.6. The number of aliphatic hydroxyl groups is 2. The molecule has 1 amide bonds. The third-order valence-electron chi connectivity index (χ3n) is 8.29. The van der Waals surface area contributed by atoms with Crippen molar-refractivity contribution in [2.75, 3.05) is 12.8 Å². The summed E-state index contributed by atoms with van der Waals surface area (Å²) < 4.78 is 1.90. The maximum atomic E-state index is 12.5. The Morgan fingerprint density at radius 3 is 1.93 bits per heavy atom. The van der Waals surface area contributed by atoms with Crippen LogP contribution in [0.5, 0.6) is 0 Å². The zero-order chi connectivity index (χ0) is 32.1. The van der Waals surface area contributed by atoms with Gasteiger partial charge in [0, 0.05) is 25.6 Å². The van der Waals surface area contributed by atoms with E-state index in [0.717, 1.165) is 51.1 Å². The van der Waals surface area contributed by atoms with Gasteiger partial charge in [-0.2, -0.15) is 5.10 Å². The number of hydrogen-bond donors (Lipinski definition) is 3. The number of carbonyl (C=O) groups excluding carboxylic acids is 1. The number of nitro groups is 1. The summed E-state index contributed by atoms with van der Waals surface area (Å²) in [5.74, 6) is -0.229. The minimum atomic E-state index is -1.85. The van der Waals surface area contributed by atoms with E-state index in [0.29, 0.717) is 12.0 Å². The lowest BCUT2D eigenvalue weighted by molar-refractivity contribution is -0.384. The van der Waals surface area contributed by atoms with E-state index < -0.39 is 30.9 Å². The summed E-state index contributed by atoms with van der Waals surface area (Å²) in [7, 11) is 0.132. The number of nitrogens with one attached hydrogen (secondary N) is 1. The van der Waals surface area contributed by atoms with Crippen LogP contribution in [0.3, 0.4) is 0 Å². The van der Waals surface area contributed by atoms with Crippen molar-refractivity contribution in [2.24, 2.45) is 7.05 Å². The molecule has 0 spiro atoms. The quantitative estimate of drug-likeness (QED) is 0.0617. The molecule has 10 heteroatoms. The van der Waals surface area contributed by atoms with Gasteiger partial charge in [-0.3, -0.25) is 19.6 Å². The fraction of sp³-hybridized carbons (Fsp3) is 0.371. The molecule has 4 rings (SSSR count). The van der Waals surface area contributed by atoms with Gasteiger partial charge >= 0.3 is 0 Å². The third kappa shape index (κ3) is 9.07. The molecule has 0 saturated carbocycles. The highest BCUT2D eigenvalue weighted by Crippen LogP contribution is 2.56. The molecule has 0 fully saturated rings. The number of benzene rings is 3. The third-order valence-corrected chi connectivity index (χ3v) is 12.8. The van der Waals surface area contributed by atoms with E-state index in [1.807, 2.05) is 17.9 Å². The number of nitrogens with zero attached hydrogens (tertiary/aromatic N) is 3. The summed E-state index contributed by atoms with van der Waals surface area (Å²) in [6, 6.07) is 26.3. The predicted molar refractivity (Wildman–Crippen MR) is 181 cm³/mol. The van der Waals surface area contributed by atoms with Gasteiger partial charge in [0.2, 0.25) is 5.91 Å². The highest BCUT2D eigenvalue weighted by atomic mass is 31.2. The van der Waals surface area contributed by atoms with Crippen LogP contribution in [0.4, 0.5) is 5.69 Å². The van der Waals surface area contributed by atoms with Crippen LogP contribution < -0.4 is 21.2 Å². The molecule has 238 valence electrons. The number of hydrogen-bond acceptors (Lipinski definition) is 6. The summed E-state index contributed by atoms with van der Waals surface area (Å²) in [5.41, 5.74) is 0.307. The van der Waals surface area contributed by atoms with E-state index in [4.69, 9.17) is 0 Å². The van der Waals surface area contributed by atoms with Crippen LogP contribution in [0, 0.1) is 10.1 Å². The van der Waals surface area contributed by atoms with Crippen molar-refractivity contribution in [1.82, 2.24) is 15.1 Å². The summed E-state index contributed by atoms with van der Waals surface area (Å²) in [6.07, 6.45) is 11.7. The Labute approximate surface area is 265 Å². The first-order chi connectivity index (χ1) is 21.8. The van der Waals surface area contributed by atoms with Gasteiger partial charge in [-0.15, -0.1) is 0 Å². The molecular weight excluding hydrogens is 587 g/mol. The predicted octanol–water partition coefficient (Wildman–Crippen LogP) is 4.95. The molecule has 2 unspecified atom stereocenters. The van der Waals surface area contributed by atoms with Crippen molar-refractivity contribution in [3.05, 3.63) is 113 Å². The van der Waals surface area contributed by atoms with Crippen molar-refractivity contribution >= 4 is 34.8 Å². The second-order valence-corrected chi connectivity index (χ2v) is 15.1. The van der Waals surface area contributed by atoms with E-state index in [9.17, 15) is 25.1 Å². The van der Waals surface area contributed by atoms with Gasteiger partial charge in [0.15, 0.2) is 0 Å². The monoisotopic (exact) mass is 631 g/mol. The number of nitro benzene ring substituents is 1. The Morgan fingerprint density at radius 1 is 0.867 bits per heavy atom. The number of unbranched alkanes of at least 4 members (excludes halogenated alkanes) is 6. The zero-order valence-corrected chi connectivity index (χ0v) is 26.8. The van der Waals surface area contributed by atoms with Gasteiger partial charge in [-0.25, -0.2) is 0 Å². The molecular formula is C35H44N4O5P+. The lowest BCUT2D eigenvalue weighted by Gasteiger charge is -2.26. The van der Waals surface area contributed by atoms with Crippen LogP contribution in [0.15, 0.2) is 97.3 Å². The van der Waals surface area contributed by atoms with Gasteiger partial charge in [-0.05, 0) is 61.2 Å². The van der Waals surface area contributed by atoms with E-state index in [1.54, 1.807) is 0 Å². The molecule has 1 aromatic heterocycles. The number of aromatic nitrogens is 2. The number of carbonyl (C=O) groups is 1. The van der Waals surface area contributed by atoms with Crippen LogP contribution in [0.25, 0.3) is 0 Å². The Hall–Kier alpha value is -3.91. The average Bonchev–Trinajstić information content (AvgIpc) is 3.51. The SMILES string of the molecule is Cn1cc([P+](CCCCCCCCCC(=O)NC(CO)C(O)c2ccc([N+](=O)[O-])cc2)(c2ccccc2)c2ccccc2)cn1. The molecule has 0 aliphatic heterocycles. The average molecular weight is 632 g/mol. The van der Waals surface area contributed by atoms with E-state index in [2.05, 4.69) is 77.3 Å². The highest BCUT2D eigenvalue weighted by molar-refractivity contribution is 7.95. The van der Waals surface area contributed by atoms with Crippen LogP contribution in [-0.4, -0.2) is 49.6 Å². The van der Waals surface area contributed by atoms with Crippen molar-refractivity contribution < 1.29 is 19.9 Å². The minimum Gasteiger partial charge on any atom is -0.394 e. The first-order valence-electron chi connectivity index (χ1n) is 15.7. The summed E-state index contributed by atoms with van der Waals surface area (Å²) >= 11 is 0. The smallest absolute Gasteiger partial charge is 0.269 e. The van der Waals surface area contributed by atoms with Gasteiger partial charge in [-0.1, -0.05) is 62.1 Å². The molecule has 0 saturated heterocycles. The summed E-state index contributed by atoms with van der Waals surface area (Å²) in [5, 5.41) is 42.5. The van der Waals surface area contributed by atoms with E-state index in [1.165, 1.54) is 40.2 Å². The van der Waals surface area contributed by atoms with Crippen molar-refractivity contribution in [2.45, 2.75) is 63.5 Å². The number of non-ortho nitro benzene ring substituents is 1. The standard InChI is InChI=1S/C35H43N4O5P/c1-38-26-32(25-36-38)45(30-15-9-7-10-16-30,31-17-11-8-12-18-31)24-14-6-4-2-3-5-13-19-34(41)37-33(27-40)35(42)28-20-22-29(23-21-28)39(43)44/h7-12,15-18,20-23,25-26,33,35,40,42H,2-6,13-14,19,24,27H2,1H3/p+1. The summed E-state index contributed by atoms with van der Waals surface area (Å²) in [6.45, 7) is -0.442. The van der Waals surface area contributed by atoms with Crippen molar-refractivity contribution in [1.29, 1.82) is 0 Å². The topological polar surface area (TPSA) is 131 Å². The van der Waals surface area contributed by atoms with Crippen LogP contribution >= 0.6 is 7.26 Å². The Bertz CT molecular complexity index is 1440. The lowest BCUT2D eigenvalue weighted by atomic mass is 10.0. The molecule has 3 aromatic carbocycles. The second-order valence-electron chi connectivity index (χ2n) is 11.5. The number of rotatable bonds is 18. The molecule has 2 atom stereocenters. The molecule has 0 aliphatic carbocycles. The van der Waals surface area contributed by atoms with Crippen LogP contribution in [0.1, 0.15) is 63.0 Å². The van der Waals surface area contributed by atoms with Gasteiger partial charge in [0.25, 0.3) is 5.69 Å². The lowest BCUT2D eigenvalue weighted by Crippen LogP contribution is -2.41. The Morgan fingerprint density at radius 2 is 1.42 bits per heavy atom. The van der Waals surface area contributed by atoms with Crippen LogP contribution in [-0.2, 0) is 11.8 Å². The van der Waals surface area contributed by atoms with Gasteiger partial charge < -0.3 is 15.5 Å². The van der Waals surface area contributed by atoms with Gasteiger partial charge in [0.1, 0.15) is 29.3 Å². The number of aryl methyl sites for hydroxylation is 1. The van der Waals surface area contributed by atoms with Crippen molar-refractivity contribution in [3.63, 3.8) is 0 Å². The second kappa shape index (κ2) is 17.0. The van der Waals surface area contributed by atoms with Gasteiger partial charge in [0.05, 0.1) is 36.1 Å². The maximum absolute atomic E-state index is 12.5. The zero-order valence-electron chi connectivity index (χ0n) is 25.9. The molecule has 4 aromatic rings. The number of amides is 1. The fourth-order valence-corrected chi connectivity index (χ4v) is 10.2. The van der Waals surface area contributed by atoms with E-state index in [-0.39, 0.29) is 11.6 Å². The van der Waals surface area contributed by atoms with Crippen LogP contribution in [0.2, 0.25) is 0 Å². The molecule has 45 heavy (non-hydrogen) atoms. The molecule has 1 heterocycles. The minimum absolute atomic E-state index is 0.0887. The molecule has 0 bridgehead atoms.